The Balaban J connectivity index is 1.63. The van der Waals surface area contributed by atoms with Gasteiger partial charge in [0, 0.05) is 23.6 Å². The van der Waals surface area contributed by atoms with E-state index in [9.17, 15) is 24.3 Å². The van der Waals surface area contributed by atoms with Crippen LogP contribution in [0.4, 0.5) is 0 Å². The molecule has 10 heteroatoms. The molecule has 1 fully saturated rings. The number of aromatic nitrogens is 1. The van der Waals surface area contributed by atoms with Gasteiger partial charge in [0.05, 0.1) is 6.04 Å². The molecule has 0 bridgehead atoms. The van der Waals surface area contributed by atoms with E-state index in [1.165, 1.54) is 11.8 Å². The Morgan fingerprint density at radius 1 is 1.14 bits per heavy atom. The van der Waals surface area contributed by atoms with Gasteiger partial charge in [-0.25, -0.2) is 4.79 Å². The first-order chi connectivity index (χ1) is 16.6. The minimum Gasteiger partial charge on any atom is -0.480 e. The molecule has 1 aromatic heterocycles. The van der Waals surface area contributed by atoms with Gasteiger partial charge in [-0.2, -0.15) is 0 Å². The molecule has 6 N–H and O–H groups in total. The first-order valence-corrected chi connectivity index (χ1v) is 12.0. The Kier molecular flexibility index (Phi) is 8.50. The smallest absolute Gasteiger partial charge is 0.326 e. The van der Waals surface area contributed by atoms with E-state index in [0.29, 0.717) is 32.2 Å². The summed E-state index contributed by atoms with van der Waals surface area (Å²) in [6, 6.07) is 4.19. The van der Waals surface area contributed by atoms with Gasteiger partial charge in [-0.05, 0) is 50.2 Å². The van der Waals surface area contributed by atoms with Gasteiger partial charge >= 0.3 is 5.97 Å². The average molecular weight is 486 g/mol. The number of para-hydroxylation sites is 1. The first kappa shape index (κ1) is 26.2. The van der Waals surface area contributed by atoms with Crippen molar-refractivity contribution in [2.45, 2.75) is 70.6 Å². The standard InChI is InChI=1S/C25H35N5O5/c1-14(2)11-20(23(32)28-15(3)24(33)30-10-6-9-21(30)25(34)35)29-22(31)18(26)12-16-13-27-19-8-5-4-7-17(16)19/h4-5,7-8,13-15,18,20-21,27H,6,9-12,26H2,1-3H3,(H,28,32)(H,29,31)(H,34,35). The molecule has 190 valence electrons. The van der Waals surface area contributed by atoms with E-state index in [1.807, 2.05) is 44.3 Å². The number of hydrogen-bond donors (Lipinski definition) is 5. The highest BCUT2D eigenvalue weighted by Gasteiger charge is 2.37. The Morgan fingerprint density at radius 2 is 1.86 bits per heavy atom. The van der Waals surface area contributed by atoms with Crippen molar-refractivity contribution in [3.8, 4) is 0 Å². The minimum atomic E-state index is -1.05. The summed E-state index contributed by atoms with van der Waals surface area (Å²) >= 11 is 0. The number of carboxylic acids is 1. The number of aliphatic carboxylic acids is 1. The van der Waals surface area contributed by atoms with Crippen LogP contribution < -0.4 is 16.4 Å². The molecule has 0 radical (unpaired) electrons. The van der Waals surface area contributed by atoms with Crippen molar-refractivity contribution in [2.24, 2.45) is 11.7 Å². The van der Waals surface area contributed by atoms with Crippen LogP contribution in [-0.2, 0) is 25.6 Å². The molecule has 35 heavy (non-hydrogen) atoms. The van der Waals surface area contributed by atoms with E-state index >= 15 is 0 Å². The first-order valence-electron chi connectivity index (χ1n) is 12.0. The second-order valence-corrected chi connectivity index (χ2v) is 9.62. The zero-order valence-corrected chi connectivity index (χ0v) is 20.4. The number of carbonyl (C=O) groups excluding carboxylic acids is 3. The van der Waals surface area contributed by atoms with Gasteiger partial charge in [0.2, 0.25) is 17.7 Å². The SMILES string of the molecule is CC(C)CC(NC(=O)C(N)Cc1c[nH]c2ccccc12)C(=O)NC(C)C(=O)N1CCCC1C(=O)O. The van der Waals surface area contributed by atoms with Gasteiger partial charge in [-0.15, -0.1) is 0 Å². The molecule has 2 heterocycles. The summed E-state index contributed by atoms with van der Waals surface area (Å²) in [6.45, 7) is 5.71. The largest absolute Gasteiger partial charge is 0.480 e. The van der Waals surface area contributed by atoms with Crippen molar-refractivity contribution in [3.63, 3.8) is 0 Å². The van der Waals surface area contributed by atoms with Crippen molar-refractivity contribution in [1.29, 1.82) is 0 Å². The second kappa shape index (κ2) is 11.4. The average Bonchev–Trinajstić information content (AvgIpc) is 3.45. The summed E-state index contributed by atoms with van der Waals surface area (Å²) in [5.74, 6) is -2.37. The molecule has 0 saturated carbocycles. The van der Waals surface area contributed by atoms with Crippen molar-refractivity contribution in [3.05, 3.63) is 36.0 Å². The van der Waals surface area contributed by atoms with E-state index in [-0.39, 0.29) is 5.92 Å². The molecule has 4 unspecified atom stereocenters. The molecule has 1 aliphatic rings. The zero-order valence-electron chi connectivity index (χ0n) is 20.4. The van der Waals surface area contributed by atoms with Gasteiger partial charge in [-0.3, -0.25) is 14.4 Å². The summed E-state index contributed by atoms with van der Waals surface area (Å²) in [4.78, 5) is 54.6. The molecule has 4 atom stereocenters. The van der Waals surface area contributed by atoms with Crippen LogP contribution in [-0.4, -0.2) is 69.4 Å². The van der Waals surface area contributed by atoms with Gasteiger partial charge < -0.3 is 31.4 Å². The number of nitrogens with one attached hydrogen (secondary N) is 3. The van der Waals surface area contributed by atoms with Crippen LogP contribution in [0.15, 0.2) is 30.5 Å². The summed E-state index contributed by atoms with van der Waals surface area (Å²) in [7, 11) is 0. The monoisotopic (exact) mass is 485 g/mol. The number of aromatic amines is 1. The van der Waals surface area contributed by atoms with Crippen LogP contribution in [0.2, 0.25) is 0 Å². The number of nitrogens with zero attached hydrogens (tertiary/aromatic N) is 1. The van der Waals surface area contributed by atoms with Crippen molar-refractivity contribution in [1.82, 2.24) is 20.5 Å². The van der Waals surface area contributed by atoms with E-state index in [0.717, 1.165) is 16.5 Å². The Bertz CT molecular complexity index is 1080. The highest BCUT2D eigenvalue weighted by molar-refractivity contribution is 5.94. The summed E-state index contributed by atoms with van der Waals surface area (Å²) in [5, 5.41) is 15.7. The molecule has 10 nitrogen and oxygen atoms in total. The lowest BCUT2D eigenvalue weighted by molar-refractivity contribution is -0.149. The van der Waals surface area contributed by atoms with Crippen molar-refractivity contribution in [2.75, 3.05) is 6.54 Å². The van der Waals surface area contributed by atoms with Crippen LogP contribution in [0.1, 0.15) is 45.6 Å². The molecule has 0 aliphatic carbocycles. The molecule has 0 spiro atoms. The summed E-state index contributed by atoms with van der Waals surface area (Å²) < 4.78 is 0. The summed E-state index contributed by atoms with van der Waals surface area (Å²) in [6.07, 6.45) is 3.48. The number of amides is 3. The lowest BCUT2D eigenvalue weighted by atomic mass is 10.0. The van der Waals surface area contributed by atoms with E-state index in [4.69, 9.17) is 5.73 Å². The molecule has 2 aromatic rings. The van der Waals surface area contributed by atoms with Gasteiger partial charge in [0.15, 0.2) is 0 Å². The maximum Gasteiger partial charge on any atom is 0.326 e. The number of rotatable bonds is 10. The quantitative estimate of drug-likeness (QED) is 0.340. The fraction of sp³-hybridized carbons (Fsp3) is 0.520. The number of carboxylic acid groups (broad SMARTS) is 1. The van der Waals surface area contributed by atoms with Gasteiger partial charge in [0.1, 0.15) is 18.1 Å². The number of likely N-dealkylation sites (tertiary alicyclic amines) is 1. The van der Waals surface area contributed by atoms with E-state index in [2.05, 4.69) is 15.6 Å². The van der Waals surface area contributed by atoms with E-state index in [1.54, 1.807) is 0 Å². The Labute approximate surface area is 204 Å². The number of nitrogens with two attached hydrogens (primary N) is 1. The number of fused-ring (bicyclic) bond motifs is 1. The molecular weight excluding hydrogens is 450 g/mol. The van der Waals surface area contributed by atoms with Crippen molar-refractivity contribution < 1.29 is 24.3 Å². The topological polar surface area (TPSA) is 158 Å². The van der Waals surface area contributed by atoms with Crippen LogP contribution in [0.3, 0.4) is 0 Å². The molecular formula is C25H35N5O5. The van der Waals surface area contributed by atoms with Gasteiger partial charge in [0.25, 0.3) is 0 Å². The molecule has 1 saturated heterocycles. The maximum atomic E-state index is 13.0. The predicted molar refractivity (Wildman–Crippen MR) is 131 cm³/mol. The third-order valence-electron chi connectivity index (χ3n) is 6.34. The third-order valence-corrected chi connectivity index (χ3v) is 6.34. The van der Waals surface area contributed by atoms with Crippen LogP contribution in [0.5, 0.6) is 0 Å². The number of benzene rings is 1. The maximum absolute atomic E-state index is 13.0. The van der Waals surface area contributed by atoms with Crippen LogP contribution >= 0.6 is 0 Å². The molecule has 3 amide bonds. The number of carbonyl (C=O) groups is 4. The normalized spacial score (nSPS) is 18.3. The number of H-pyrrole nitrogens is 1. The van der Waals surface area contributed by atoms with Gasteiger partial charge in [-0.1, -0.05) is 32.0 Å². The van der Waals surface area contributed by atoms with Crippen LogP contribution in [0.25, 0.3) is 10.9 Å². The third kappa shape index (κ3) is 6.39. The fourth-order valence-corrected chi connectivity index (χ4v) is 4.52. The fourth-order valence-electron chi connectivity index (χ4n) is 4.52. The lowest BCUT2D eigenvalue weighted by Crippen LogP contribution is -2.56. The van der Waals surface area contributed by atoms with E-state index < -0.39 is 47.9 Å². The zero-order chi connectivity index (χ0) is 25.7. The lowest BCUT2D eigenvalue weighted by Gasteiger charge is -2.27. The molecule has 3 rings (SSSR count). The highest BCUT2D eigenvalue weighted by atomic mass is 16.4. The minimum absolute atomic E-state index is 0.0943. The molecule has 1 aliphatic heterocycles. The Hall–Kier alpha value is -3.40. The predicted octanol–water partition coefficient (Wildman–Crippen LogP) is 1.15. The number of hydrogen-bond acceptors (Lipinski definition) is 5. The van der Waals surface area contributed by atoms with Crippen molar-refractivity contribution >= 4 is 34.6 Å². The second-order valence-electron chi connectivity index (χ2n) is 9.62. The highest BCUT2D eigenvalue weighted by Crippen LogP contribution is 2.20. The Morgan fingerprint density at radius 3 is 2.54 bits per heavy atom. The molecule has 1 aromatic carbocycles. The summed E-state index contributed by atoms with van der Waals surface area (Å²) in [5.41, 5.74) is 8.04. The van der Waals surface area contributed by atoms with Crippen LogP contribution in [0, 0.1) is 5.92 Å².